The van der Waals surface area contributed by atoms with Crippen LogP contribution in [-0.2, 0) is 4.74 Å². The SMILES string of the molecule is COc1cc(NC(C(=O)c2c[nH]c3ccccc23)c2ccc(C)cc2)cc(OCCO)c1.COc1cc(NC(C(=O)c2c[nH]c3ccccc23)c2ccc(C)cc2)cc(OCCOC(C)(C)C)c1. The highest BCUT2D eigenvalue weighted by Crippen LogP contribution is 2.34. The van der Waals surface area contributed by atoms with E-state index in [0.29, 0.717) is 53.0 Å². The molecule has 0 spiro atoms. The van der Waals surface area contributed by atoms with E-state index in [1.54, 1.807) is 38.7 Å². The highest BCUT2D eigenvalue weighted by Gasteiger charge is 2.27. The van der Waals surface area contributed by atoms with Gasteiger partial charge in [-0.1, -0.05) is 96.1 Å². The average Bonchev–Trinajstić information content (AvgIpc) is 3.98. The van der Waals surface area contributed by atoms with Crippen LogP contribution in [0.2, 0.25) is 0 Å². The smallest absolute Gasteiger partial charge is 0.191 e. The molecular weight excluding hydrogens is 857 g/mol. The van der Waals surface area contributed by atoms with Gasteiger partial charge in [-0.15, -0.1) is 0 Å². The van der Waals surface area contributed by atoms with Gasteiger partial charge in [0.2, 0.25) is 0 Å². The van der Waals surface area contributed by atoms with E-state index < -0.39 is 12.1 Å². The van der Waals surface area contributed by atoms with Crippen LogP contribution in [0.15, 0.2) is 146 Å². The molecule has 0 amide bonds. The number of methoxy groups -OCH3 is 2. The minimum atomic E-state index is -0.618. The molecule has 0 bridgehead atoms. The standard InChI is InChI=1S/C30H34N2O4.C26H26N2O4/c1-20-10-12-21(13-11-20)28(29(33)26-19-31-27-9-7-6-8-25(26)27)32-22-16-23(34-5)18-24(17-22)35-14-15-36-30(2,3)4;1-17-7-9-18(10-8-17)25(26(30)23-16-27-24-6-4-3-5-22(23)24)28-19-13-20(31-2)15-21(14-19)32-12-11-29/h6-13,16-19,28,31-32H,14-15H2,1-5H3;3-10,13-16,25,27-29H,11-12H2,1-2H3. The fraction of sp³-hybridized carbons (Fsp3) is 0.250. The zero-order valence-corrected chi connectivity index (χ0v) is 39.6. The summed E-state index contributed by atoms with van der Waals surface area (Å²) in [6.07, 6.45) is 3.54. The van der Waals surface area contributed by atoms with Crippen LogP contribution in [0, 0.1) is 13.8 Å². The highest BCUT2D eigenvalue weighted by atomic mass is 16.5. The minimum absolute atomic E-state index is 0.0276. The maximum atomic E-state index is 13.9. The van der Waals surface area contributed by atoms with Crippen LogP contribution in [0.3, 0.4) is 0 Å². The molecule has 2 atom stereocenters. The van der Waals surface area contributed by atoms with E-state index in [1.165, 1.54) is 0 Å². The Morgan fingerprint density at radius 3 is 1.38 bits per heavy atom. The molecule has 8 rings (SSSR count). The van der Waals surface area contributed by atoms with Crippen LogP contribution in [0.1, 0.15) is 75.8 Å². The topological polar surface area (TPSA) is 156 Å². The summed E-state index contributed by atoms with van der Waals surface area (Å²) >= 11 is 0. The Morgan fingerprint density at radius 2 is 0.971 bits per heavy atom. The van der Waals surface area contributed by atoms with Gasteiger partial charge in [-0.2, -0.15) is 0 Å². The largest absolute Gasteiger partial charge is 0.497 e. The number of Topliss-reactive ketones (excluding diaryl/α,β-unsaturated/α-hetero) is 2. The van der Waals surface area contributed by atoms with Crippen molar-refractivity contribution in [3.8, 4) is 23.0 Å². The van der Waals surface area contributed by atoms with Gasteiger partial charge in [-0.25, -0.2) is 0 Å². The molecule has 0 saturated heterocycles. The number of carbonyl (C=O) groups is 2. The summed E-state index contributed by atoms with van der Waals surface area (Å²) in [5, 5.41) is 17.7. The predicted octanol–water partition coefficient (Wildman–Crippen LogP) is 11.6. The van der Waals surface area contributed by atoms with E-state index in [2.05, 4.69) is 20.6 Å². The molecule has 0 fully saturated rings. The van der Waals surface area contributed by atoms with E-state index in [0.717, 1.165) is 49.7 Å². The van der Waals surface area contributed by atoms with E-state index in [1.807, 2.05) is 156 Å². The molecule has 6 aromatic carbocycles. The molecule has 8 aromatic rings. The number of ether oxygens (including phenoxy) is 5. The van der Waals surface area contributed by atoms with Crippen molar-refractivity contribution in [2.45, 2.75) is 52.3 Å². The number of nitrogens with one attached hydrogen (secondary N) is 4. The van der Waals surface area contributed by atoms with Gasteiger partial charge in [0.15, 0.2) is 11.6 Å². The number of ketones is 2. The summed E-state index contributed by atoms with van der Waals surface area (Å²) in [6.45, 7) is 11.0. The van der Waals surface area contributed by atoms with Gasteiger partial charge in [-0.3, -0.25) is 9.59 Å². The molecule has 2 unspecified atom stereocenters. The Labute approximate surface area is 397 Å². The number of aryl methyl sites for hydroxylation is 2. The van der Waals surface area contributed by atoms with Crippen LogP contribution in [0.5, 0.6) is 23.0 Å². The molecule has 2 heterocycles. The Balaban J connectivity index is 0.000000203. The lowest BCUT2D eigenvalue weighted by atomic mass is 9.96. The van der Waals surface area contributed by atoms with Crippen LogP contribution in [0.25, 0.3) is 21.8 Å². The van der Waals surface area contributed by atoms with Crippen LogP contribution < -0.4 is 29.6 Å². The number of para-hydroxylation sites is 2. The van der Waals surface area contributed by atoms with Gasteiger partial charge in [0.1, 0.15) is 48.3 Å². The Morgan fingerprint density at radius 1 is 0.559 bits per heavy atom. The summed E-state index contributed by atoms with van der Waals surface area (Å²) in [5.41, 5.74) is 8.26. The lowest BCUT2D eigenvalue weighted by Crippen LogP contribution is -2.22. The highest BCUT2D eigenvalue weighted by molar-refractivity contribution is 6.12. The first kappa shape index (κ1) is 48.4. The van der Waals surface area contributed by atoms with Gasteiger partial charge >= 0.3 is 0 Å². The molecular formula is C56H60N4O8. The molecule has 0 aliphatic carbocycles. The molecule has 0 aliphatic heterocycles. The minimum Gasteiger partial charge on any atom is -0.497 e. The number of benzene rings is 6. The molecule has 0 radical (unpaired) electrons. The predicted molar refractivity (Wildman–Crippen MR) is 270 cm³/mol. The summed E-state index contributed by atoms with van der Waals surface area (Å²) in [4.78, 5) is 34.0. The van der Waals surface area contributed by atoms with Gasteiger partial charge in [0, 0.05) is 93.1 Å². The number of hydrogen-bond donors (Lipinski definition) is 5. The van der Waals surface area contributed by atoms with Crippen molar-refractivity contribution in [3.05, 3.63) is 179 Å². The van der Waals surface area contributed by atoms with Gasteiger partial charge in [0.25, 0.3) is 0 Å². The molecule has 12 nitrogen and oxygen atoms in total. The van der Waals surface area contributed by atoms with Gasteiger partial charge in [-0.05, 0) is 57.9 Å². The van der Waals surface area contributed by atoms with Crippen LogP contribution in [-0.4, -0.2) is 72.9 Å². The maximum absolute atomic E-state index is 13.9. The number of hydrogen-bond acceptors (Lipinski definition) is 10. The number of aliphatic hydroxyl groups is 1. The van der Waals surface area contributed by atoms with Gasteiger partial charge < -0.3 is 49.4 Å². The zero-order chi connectivity index (χ0) is 48.2. The summed E-state index contributed by atoms with van der Waals surface area (Å²) in [7, 11) is 3.18. The van der Waals surface area contributed by atoms with E-state index in [-0.39, 0.29) is 30.4 Å². The number of anilines is 2. The van der Waals surface area contributed by atoms with E-state index in [4.69, 9.17) is 28.8 Å². The van der Waals surface area contributed by atoms with Crippen molar-refractivity contribution in [2.75, 3.05) is 51.3 Å². The van der Waals surface area contributed by atoms with Crippen molar-refractivity contribution in [3.63, 3.8) is 0 Å². The third-order valence-corrected chi connectivity index (χ3v) is 11.2. The first-order valence-electron chi connectivity index (χ1n) is 22.6. The lowest BCUT2D eigenvalue weighted by Gasteiger charge is -2.21. The third kappa shape index (κ3) is 12.5. The first-order valence-corrected chi connectivity index (χ1v) is 22.6. The van der Waals surface area contributed by atoms with Crippen molar-refractivity contribution < 1.29 is 38.4 Å². The average molecular weight is 917 g/mol. The number of aromatic amines is 2. The number of carbonyl (C=O) groups excluding carboxylic acids is 2. The summed E-state index contributed by atoms with van der Waals surface area (Å²) < 4.78 is 28.2. The maximum Gasteiger partial charge on any atom is 0.191 e. The normalized spacial score (nSPS) is 12.1. The van der Waals surface area contributed by atoms with Gasteiger partial charge in [0.05, 0.1) is 33.0 Å². The van der Waals surface area contributed by atoms with Crippen LogP contribution in [0.4, 0.5) is 11.4 Å². The number of rotatable bonds is 19. The van der Waals surface area contributed by atoms with Crippen LogP contribution >= 0.6 is 0 Å². The zero-order valence-electron chi connectivity index (χ0n) is 39.6. The number of fused-ring (bicyclic) bond motifs is 2. The fourth-order valence-corrected chi connectivity index (χ4v) is 7.70. The molecule has 5 N–H and O–H groups in total. The molecule has 352 valence electrons. The Bertz CT molecular complexity index is 2930. The molecule has 68 heavy (non-hydrogen) atoms. The number of aliphatic hydroxyl groups excluding tert-OH is 1. The molecule has 0 saturated carbocycles. The lowest BCUT2D eigenvalue weighted by molar-refractivity contribution is -0.0163. The number of H-pyrrole nitrogens is 2. The molecule has 12 heteroatoms. The van der Waals surface area contributed by atoms with Crippen molar-refractivity contribution in [1.82, 2.24) is 9.97 Å². The first-order chi connectivity index (χ1) is 32.8. The quantitative estimate of drug-likeness (QED) is 0.0391. The van der Waals surface area contributed by atoms with Crippen molar-refractivity contribution in [2.24, 2.45) is 0 Å². The van der Waals surface area contributed by atoms with E-state index >= 15 is 0 Å². The molecule has 0 aliphatic rings. The second-order valence-corrected chi connectivity index (χ2v) is 17.4. The summed E-state index contributed by atoms with van der Waals surface area (Å²) in [5.74, 6) is 2.32. The van der Waals surface area contributed by atoms with Crippen molar-refractivity contribution >= 4 is 44.7 Å². The Hall–Kier alpha value is -7.54. The fourth-order valence-electron chi connectivity index (χ4n) is 7.70. The third-order valence-electron chi connectivity index (χ3n) is 11.2. The Kier molecular flexibility index (Phi) is 15.9. The monoisotopic (exact) mass is 916 g/mol. The molecule has 2 aromatic heterocycles. The summed E-state index contributed by atoms with van der Waals surface area (Å²) in [6, 6.07) is 41.2. The van der Waals surface area contributed by atoms with Crippen molar-refractivity contribution in [1.29, 1.82) is 0 Å². The second-order valence-electron chi connectivity index (χ2n) is 17.4. The number of aromatic nitrogens is 2. The van der Waals surface area contributed by atoms with E-state index in [9.17, 15) is 9.59 Å². The second kappa shape index (κ2) is 22.3.